The summed E-state index contributed by atoms with van der Waals surface area (Å²) in [5.41, 5.74) is 1.71. The Morgan fingerprint density at radius 3 is 2.62 bits per heavy atom. The third-order valence-electron chi connectivity index (χ3n) is 2.92. The van der Waals surface area contributed by atoms with Crippen molar-refractivity contribution in [3.63, 3.8) is 0 Å². The number of methoxy groups -OCH3 is 1. The second-order valence-electron chi connectivity index (χ2n) is 3.86. The fourth-order valence-electron chi connectivity index (χ4n) is 1.88. The standard InChI is InChI=1S/C12H17N3O/c1-4-8(5-2)11-13-9-6-7-10(16-3)14-12(9)15-11/h6-8H,4-5H2,1-3H3,(H,13,14,15). The number of rotatable bonds is 4. The predicted octanol–water partition coefficient (Wildman–Crippen LogP) is 2.87. The summed E-state index contributed by atoms with van der Waals surface area (Å²) in [4.78, 5) is 12.1. The van der Waals surface area contributed by atoms with Crippen molar-refractivity contribution in [2.75, 3.05) is 7.11 Å². The van der Waals surface area contributed by atoms with Crippen LogP contribution < -0.4 is 4.74 Å². The van der Waals surface area contributed by atoms with Crippen LogP contribution in [0.15, 0.2) is 12.1 Å². The van der Waals surface area contributed by atoms with Crippen molar-refractivity contribution < 1.29 is 4.74 Å². The SMILES string of the molecule is CCC(CC)c1nc2nc(OC)ccc2[nH]1. The number of fused-ring (bicyclic) bond motifs is 1. The quantitative estimate of drug-likeness (QED) is 0.860. The van der Waals surface area contributed by atoms with Crippen LogP contribution in [0.5, 0.6) is 5.88 Å². The first-order chi connectivity index (χ1) is 7.78. The van der Waals surface area contributed by atoms with Gasteiger partial charge in [0.2, 0.25) is 5.88 Å². The van der Waals surface area contributed by atoms with Gasteiger partial charge in [0.05, 0.1) is 12.6 Å². The zero-order valence-corrected chi connectivity index (χ0v) is 9.95. The Morgan fingerprint density at radius 1 is 1.25 bits per heavy atom. The zero-order valence-electron chi connectivity index (χ0n) is 9.95. The number of nitrogens with zero attached hydrogens (tertiary/aromatic N) is 2. The molecule has 0 unspecified atom stereocenters. The minimum atomic E-state index is 0.486. The van der Waals surface area contributed by atoms with Gasteiger partial charge >= 0.3 is 0 Å². The van der Waals surface area contributed by atoms with Crippen LogP contribution in [0, 0.1) is 0 Å². The van der Waals surface area contributed by atoms with E-state index >= 15 is 0 Å². The number of pyridine rings is 1. The van der Waals surface area contributed by atoms with Crippen LogP contribution in [0.1, 0.15) is 38.4 Å². The lowest BCUT2D eigenvalue weighted by atomic mass is 10.0. The van der Waals surface area contributed by atoms with Gasteiger partial charge in [0, 0.05) is 12.0 Å². The maximum absolute atomic E-state index is 5.08. The topological polar surface area (TPSA) is 50.8 Å². The highest BCUT2D eigenvalue weighted by Gasteiger charge is 2.12. The monoisotopic (exact) mass is 219 g/mol. The van der Waals surface area contributed by atoms with Crippen molar-refractivity contribution in [3.8, 4) is 5.88 Å². The predicted molar refractivity (Wildman–Crippen MR) is 63.8 cm³/mol. The molecule has 1 N–H and O–H groups in total. The van der Waals surface area contributed by atoms with Gasteiger partial charge in [-0.05, 0) is 18.9 Å². The fourth-order valence-corrected chi connectivity index (χ4v) is 1.88. The Morgan fingerprint density at radius 2 is 2.00 bits per heavy atom. The zero-order chi connectivity index (χ0) is 11.5. The lowest BCUT2D eigenvalue weighted by molar-refractivity contribution is 0.399. The minimum Gasteiger partial charge on any atom is -0.481 e. The molecule has 0 aromatic carbocycles. The highest BCUT2D eigenvalue weighted by atomic mass is 16.5. The average Bonchev–Trinajstić information content (AvgIpc) is 2.72. The molecule has 16 heavy (non-hydrogen) atoms. The summed E-state index contributed by atoms with van der Waals surface area (Å²) in [5, 5.41) is 0. The molecule has 2 aromatic rings. The number of hydrogen-bond acceptors (Lipinski definition) is 3. The lowest BCUT2D eigenvalue weighted by Gasteiger charge is -2.06. The largest absolute Gasteiger partial charge is 0.481 e. The summed E-state index contributed by atoms with van der Waals surface area (Å²) in [7, 11) is 1.61. The number of nitrogens with one attached hydrogen (secondary N) is 1. The summed E-state index contributed by atoms with van der Waals surface area (Å²) < 4.78 is 5.08. The molecular formula is C12H17N3O. The molecule has 4 nitrogen and oxygen atoms in total. The van der Waals surface area contributed by atoms with Crippen LogP contribution in [-0.2, 0) is 0 Å². The molecule has 0 aliphatic heterocycles. The van der Waals surface area contributed by atoms with E-state index in [2.05, 4.69) is 28.8 Å². The van der Waals surface area contributed by atoms with Crippen LogP contribution in [0.4, 0.5) is 0 Å². The van der Waals surface area contributed by atoms with Gasteiger partial charge in [0.15, 0.2) is 5.65 Å². The molecule has 0 saturated heterocycles. The van der Waals surface area contributed by atoms with E-state index in [0.29, 0.717) is 11.8 Å². The summed E-state index contributed by atoms with van der Waals surface area (Å²) in [6.07, 6.45) is 2.18. The molecule has 2 rings (SSSR count). The Balaban J connectivity index is 2.43. The van der Waals surface area contributed by atoms with Crippen molar-refractivity contribution in [2.24, 2.45) is 0 Å². The lowest BCUT2D eigenvalue weighted by Crippen LogP contribution is -1.97. The van der Waals surface area contributed by atoms with Crippen molar-refractivity contribution in [1.82, 2.24) is 15.0 Å². The van der Waals surface area contributed by atoms with E-state index in [1.807, 2.05) is 12.1 Å². The smallest absolute Gasteiger partial charge is 0.215 e. The van der Waals surface area contributed by atoms with Crippen molar-refractivity contribution in [1.29, 1.82) is 0 Å². The second-order valence-corrected chi connectivity index (χ2v) is 3.86. The number of aromatic amines is 1. The summed E-state index contributed by atoms with van der Waals surface area (Å²) >= 11 is 0. The molecule has 0 bridgehead atoms. The maximum Gasteiger partial charge on any atom is 0.215 e. The molecule has 0 atom stereocenters. The molecule has 0 fully saturated rings. The number of imidazole rings is 1. The molecule has 86 valence electrons. The summed E-state index contributed by atoms with van der Waals surface area (Å²) in [5.74, 6) is 2.12. The van der Waals surface area contributed by atoms with Gasteiger partial charge in [-0.3, -0.25) is 0 Å². The molecular weight excluding hydrogens is 202 g/mol. The highest BCUT2D eigenvalue weighted by molar-refractivity contribution is 5.71. The van der Waals surface area contributed by atoms with Gasteiger partial charge in [-0.2, -0.15) is 4.98 Å². The van der Waals surface area contributed by atoms with Crippen molar-refractivity contribution >= 4 is 11.2 Å². The number of H-pyrrole nitrogens is 1. The number of aromatic nitrogens is 3. The van der Waals surface area contributed by atoms with Crippen LogP contribution in [0.25, 0.3) is 11.2 Å². The van der Waals surface area contributed by atoms with E-state index in [1.54, 1.807) is 7.11 Å². The second kappa shape index (κ2) is 4.51. The molecule has 0 saturated carbocycles. The van der Waals surface area contributed by atoms with E-state index in [0.717, 1.165) is 29.8 Å². The van der Waals surface area contributed by atoms with E-state index < -0.39 is 0 Å². The maximum atomic E-state index is 5.08. The summed E-state index contributed by atoms with van der Waals surface area (Å²) in [6.45, 7) is 4.35. The minimum absolute atomic E-state index is 0.486. The van der Waals surface area contributed by atoms with Gasteiger partial charge in [0.1, 0.15) is 5.82 Å². The molecule has 0 aliphatic rings. The molecule has 0 spiro atoms. The average molecular weight is 219 g/mol. The highest BCUT2D eigenvalue weighted by Crippen LogP contribution is 2.23. The molecule has 2 heterocycles. The van der Waals surface area contributed by atoms with Gasteiger partial charge in [-0.25, -0.2) is 4.98 Å². The first-order valence-corrected chi connectivity index (χ1v) is 5.69. The van der Waals surface area contributed by atoms with E-state index in [-0.39, 0.29) is 0 Å². The van der Waals surface area contributed by atoms with E-state index in [1.165, 1.54) is 0 Å². The van der Waals surface area contributed by atoms with Gasteiger partial charge in [0.25, 0.3) is 0 Å². The molecule has 0 radical (unpaired) electrons. The Kier molecular flexibility index (Phi) is 3.08. The van der Waals surface area contributed by atoms with Crippen LogP contribution in [0.3, 0.4) is 0 Å². The molecule has 0 amide bonds. The summed E-state index contributed by atoms with van der Waals surface area (Å²) in [6, 6.07) is 3.80. The van der Waals surface area contributed by atoms with Crippen molar-refractivity contribution in [3.05, 3.63) is 18.0 Å². The van der Waals surface area contributed by atoms with Gasteiger partial charge in [-0.1, -0.05) is 13.8 Å². The molecule has 0 aliphatic carbocycles. The van der Waals surface area contributed by atoms with Crippen LogP contribution >= 0.6 is 0 Å². The third-order valence-corrected chi connectivity index (χ3v) is 2.92. The Hall–Kier alpha value is -1.58. The van der Waals surface area contributed by atoms with Crippen molar-refractivity contribution in [2.45, 2.75) is 32.6 Å². The van der Waals surface area contributed by atoms with Gasteiger partial charge < -0.3 is 9.72 Å². The third kappa shape index (κ3) is 1.87. The Bertz CT molecular complexity index is 474. The first kappa shape index (κ1) is 10.9. The fraction of sp³-hybridized carbons (Fsp3) is 0.500. The first-order valence-electron chi connectivity index (χ1n) is 5.69. The molecule has 4 heteroatoms. The van der Waals surface area contributed by atoms with Crippen LogP contribution in [0.2, 0.25) is 0 Å². The number of ether oxygens (including phenoxy) is 1. The number of hydrogen-bond donors (Lipinski definition) is 1. The van der Waals surface area contributed by atoms with Crippen LogP contribution in [-0.4, -0.2) is 22.1 Å². The van der Waals surface area contributed by atoms with E-state index in [9.17, 15) is 0 Å². The normalized spacial score (nSPS) is 11.2. The Labute approximate surface area is 95.1 Å². The van der Waals surface area contributed by atoms with Gasteiger partial charge in [-0.15, -0.1) is 0 Å². The van der Waals surface area contributed by atoms with E-state index in [4.69, 9.17) is 4.74 Å². The molecule has 2 aromatic heterocycles.